The number of amides is 2. The normalized spacial score (nSPS) is 22.5. The third-order valence-corrected chi connectivity index (χ3v) is 5.34. The highest BCUT2D eigenvalue weighted by Gasteiger charge is 2.65. The van der Waals surface area contributed by atoms with Gasteiger partial charge in [0.2, 0.25) is 5.66 Å². The van der Waals surface area contributed by atoms with E-state index < -0.39 is 41.2 Å². The molecule has 152 valence electrons. The molecule has 0 bridgehead atoms. The number of carbonyl (C=O) groups is 3. The zero-order chi connectivity index (χ0) is 21.6. The molecule has 30 heavy (non-hydrogen) atoms. The van der Waals surface area contributed by atoms with Crippen LogP contribution in [0.5, 0.6) is 0 Å². The van der Waals surface area contributed by atoms with E-state index in [1.807, 2.05) is 6.92 Å². The van der Waals surface area contributed by atoms with Gasteiger partial charge in [0.25, 0.3) is 11.7 Å². The Morgan fingerprint density at radius 1 is 1.10 bits per heavy atom. The van der Waals surface area contributed by atoms with Crippen LogP contribution in [0.4, 0.5) is 5.69 Å². The molecular formula is C21H17N3O5S. The number of aryl methyl sites for hydroxylation is 1. The number of carbonyl (C=O) groups excluding carboxylic acids is 3. The van der Waals surface area contributed by atoms with Gasteiger partial charge in [-0.1, -0.05) is 48.0 Å². The maximum atomic E-state index is 13.1. The Morgan fingerprint density at radius 2 is 1.77 bits per heavy atom. The van der Waals surface area contributed by atoms with Gasteiger partial charge >= 0.3 is 5.91 Å². The predicted molar refractivity (Wildman–Crippen MR) is 112 cm³/mol. The first-order chi connectivity index (χ1) is 14.3. The van der Waals surface area contributed by atoms with Crippen molar-refractivity contribution < 1.29 is 24.6 Å². The van der Waals surface area contributed by atoms with Crippen molar-refractivity contribution >= 4 is 46.4 Å². The molecule has 0 aromatic heterocycles. The third kappa shape index (κ3) is 2.71. The Labute approximate surface area is 176 Å². The average molecular weight is 423 g/mol. The number of aliphatic hydroxyl groups is 2. The minimum absolute atomic E-state index is 0.0943. The van der Waals surface area contributed by atoms with Crippen LogP contribution >= 0.6 is 12.2 Å². The molecule has 2 aliphatic heterocycles. The van der Waals surface area contributed by atoms with Crippen molar-refractivity contribution in [1.29, 1.82) is 0 Å². The van der Waals surface area contributed by atoms with Crippen LogP contribution in [0.3, 0.4) is 0 Å². The molecule has 9 heteroatoms. The van der Waals surface area contributed by atoms with Gasteiger partial charge in [-0.2, -0.15) is 0 Å². The van der Waals surface area contributed by atoms with E-state index >= 15 is 0 Å². The first kappa shape index (κ1) is 19.7. The summed E-state index contributed by atoms with van der Waals surface area (Å²) in [5.74, 6) is -3.37. The molecule has 2 aliphatic rings. The average Bonchev–Trinajstić information content (AvgIpc) is 3.14. The smallest absolute Gasteiger partial charge is 0.301 e. The van der Waals surface area contributed by atoms with Crippen molar-refractivity contribution in [2.45, 2.75) is 19.2 Å². The molecule has 0 aliphatic carbocycles. The molecular weight excluding hydrogens is 406 g/mol. The van der Waals surface area contributed by atoms with E-state index in [0.717, 1.165) is 10.5 Å². The maximum absolute atomic E-state index is 13.1. The minimum Gasteiger partial charge on any atom is -0.507 e. The summed E-state index contributed by atoms with van der Waals surface area (Å²) < 4.78 is 0. The van der Waals surface area contributed by atoms with Gasteiger partial charge in [0, 0.05) is 11.1 Å². The van der Waals surface area contributed by atoms with Crippen LogP contribution in [0.1, 0.15) is 16.7 Å². The summed E-state index contributed by atoms with van der Waals surface area (Å²) in [6.07, 6.45) is 0. The van der Waals surface area contributed by atoms with Gasteiger partial charge in [-0.05, 0) is 25.2 Å². The summed E-state index contributed by atoms with van der Waals surface area (Å²) >= 11 is 5.07. The Morgan fingerprint density at radius 3 is 2.37 bits per heavy atom. The van der Waals surface area contributed by atoms with Crippen molar-refractivity contribution in [1.82, 2.24) is 10.6 Å². The van der Waals surface area contributed by atoms with Crippen LogP contribution in [0, 0.1) is 6.92 Å². The van der Waals surface area contributed by atoms with Crippen molar-refractivity contribution in [2.24, 2.45) is 0 Å². The second-order valence-corrected chi connectivity index (χ2v) is 7.37. The Hall–Kier alpha value is -3.56. The van der Waals surface area contributed by atoms with Crippen molar-refractivity contribution in [3.63, 3.8) is 0 Å². The fourth-order valence-corrected chi connectivity index (χ4v) is 3.94. The first-order valence-corrected chi connectivity index (χ1v) is 9.44. The van der Waals surface area contributed by atoms with Gasteiger partial charge in [-0.15, -0.1) is 0 Å². The molecule has 1 unspecified atom stereocenters. The lowest BCUT2D eigenvalue weighted by Crippen LogP contribution is -2.60. The number of Topliss-reactive ketones (excluding diaryl/α,β-unsaturated/α-hetero) is 1. The molecule has 1 atom stereocenters. The van der Waals surface area contributed by atoms with Crippen LogP contribution in [-0.4, -0.2) is 38.6 Å². The zero-order valence-corrected chi connectivity index (χ0v) is 16.6. The maximum Gasteiger partial charge on any atom is 0.301 e. The quantitative estimate of drug-likeness (QED) is 0.252. The van der Waals surface area contributed by atoms with E-state index in [1.54, 1.807) is 42.5 Å². The largest absolute Gasteiger partial charge is 0.507 e. The Balaban J connectivity index is 2.02. The van der Waals surface area contributed by atoms with Gasteiger partial charge in [-0.25, -0.2) is 0 Å². The van der Waals surface area contributed by atoms with Gasteiger partial charge in [0.1, 0.15) is 11.3 Å². The number of benzene rings is 2. The van der Waals surface area contributed by atoms with Crippen LogP contribution in [0.25, 0.3) is 5.76 Å². The highest BCUT2D eigenvalue weighted by molar-refractivity contribution is 7.80. The lowest BCUT2D eigenvalue weighted by Gasteiger charge is -2.33. The molecule has 4 N–H and O–H groups in total. The Kier molecular flexibility index (Phi) is 4.64. The highest BCUT2D eigenvalue weighted by Crippen LogP contribution is 2.41. The number of nitrogens with zero attached hydrogens (tertiary/aromatic N) is 1. The summed E-state index contributed by atoms with van der Waals surface area (Å²) in [5.41, 5.74) is -0.844. The molecule has 2 saturated heterocycles. The number of rotatable bonds is 3. The van der Waals surface area contributed by atoms with Crippen molar-refractivity contribution in [2.75, 3.05) is 4.90 Å². The molecule has 2 amide bonds. The van der Waals surface area contributed by atoms with Crippen LogP contribution in [-0.2, 0) is 21.0 Å². The van der Waals surface area contributed by atoms with E-state index in [2.05, 4.69) is 10.6 Å². The molecule has 2 fully saturated rings. The van der Waals surface area contributed by atoms with E-state index in [1.165, 1.54) is 6.07 Å². The number of hydrogen-bond acceptors (Lipinski definition) is 6. The van der Waals surface area contributed by atoms with Gasteiger partial charge in [0.15, 0.2) is 5.11 Å². The van der Waals surface area contributed by atoms with E-state index in [-0.39, 0.29) is 16.4 Å². The van der Waals surface area contributed by atoms with E-state index in [0.29, 0.717) is 5.56 Å². The highest BCUT2D eigenvalue weighted by atomic mass is 32.1. The topological polar surface area (TPSA) is 119 Å². The molecule has 8 nitrogen and oxygen atoms in total. The Bertz CT molecular complexity index is 1140. The third-order valence-electron chi connectivity index (χ3n) is 5.14. The number of ketones is 1. The lowest BCUT2D eigenvalue weighted by molar-refractivity contribution is -0.132. The molecule has 2 aromatic rings. The monoisotopic (exact) mass is 423 g/mol. The fraction of sp³-hybridized carbons (Fsp3) is 0.143. The molecule has 1 spiro atoms. The number of para-hydroxylation sites is 1. The number of thiocarbonyl (C=S) groups is 1. The van der Waals surface area contributed by atoms with Crippen LogP contribution < -0.4 is 15.5 Å². The molecule has 2 heterocycles. The minimum atomic E-state index is -2.08. The summed E-state index contributed by atoms with van der Waals surface area (Å²) in [4.78, 5) is 40.1. The van der Waals surface area contributed by atoms with Crippen molar-refractivity contribution in [3.8, 4) is 0 Å². The van der Waals surface area contributed by atoms with Crippen molar-refractivity contribution in [3.05, 3.63) is 70.8 Å². The summed E-state index contributed by atoms with van der Waals surface area (Å²) in [7, 11) is 0. The first-order valence-electron chi connectivity index (χ1n) is 9.03. The standard InChI is InChI=1S/C21H17N3O5S/c1-11-6-8-12(9-7-11)16(26)15-17(27)18(28)24(14-5-3-2-4-13(14)10-25)21(15)19(29)22-20(30)23-21/h2-9,25-26H,10H2,1H3,(H2,22,23,29,30)/b16-15-. The van der Waals surface area contributed by atoms with Gasteiger partial charge in [0.05, 0.1) is 12.3 Å². The van der Waals surface area contributed by atoms with Crippen LogP contribution in [0.15, 0.2) is 54.1 Å². The summed E-state index contributed by atoms with van der Waals surface area (Å²) in [5, 5.41) is 25.7. The fourth-order valence-electron chi connectivity index (χ4n) is 3.70. The zero-order valence-electron chi connectivity index (χ0n) is 15.8. The second kappa shape index (κ2) is 7.05. The van der Waals surface area contributed by atoms with E-state index in [9.17, 15) is 24.6 Å². The molecule has 0 saturated carbocycles. The van der Waals surface area contributed by atoms with Crippen LogP contribution in [0.2, 0.25) is 0 Å². The lowest BCUT2D eigenvalue weighted by atomic mass is 9.94. The summed E-state index contributed by atoms with van der Waals surface area (Å²) in [6, 6.07) is 12.9. The van der Waals surface area contributed by atoms with Gasteiger partial charge < -0.3 is 15.5 Å². The number of aliphatic hydroxyl groups excluding tert-OH is 2. The van der Waals surface area contributed by atoms with E-state index in [4.69, 9.17) is 12.2 Å². The predicted octanol–water partition coefficient (Wildman–Crippen LogP) is 1.07. The summed E-state index contributed by atoms with van der Waals surface area (Å²) in [6.45, 7) is 1.43. The molecule has 4 rings (SSSR count). The number of hydrogen-bond donors (Lipinski definition) is 4. The number of nitrogens with one attached hydrogen (secondary N) is 2. The van der Waals surface area contributed by atoms with Gasteiger partial charge in [-0.3, -0.25) is 24.6 Å². The number of anilines is 1. The SMILES string of the molecule is Cc1ccc(/C(O)=C2\C(=O)C(=O)N(c3ccccc3CO)C23NC(=S)NC3=O)cc1. The molecule has 0 radical (unpaired) electrons. The molecule has 2 aromatic carbocycles. The second-order valence-electron chi connectivity index (χ2n) is 6.96.